The minimum absolute atomic E-state index is 0.0125. The highest BCUT2D eigenvalue weighted by atomic mass is 35.5. The number of carbonyl (C=O) groups excluding carboxylic acids is 2. The molecule has 0 heterocycles. The third-order valence-corrected chi connectivity index (χ3v) is 11.1. The molecule has 0 spiro atoms. The molecule has 1 N–H and O–H groups in total. The molecule has 4 aromatic carbocycles. The fourth-order valence-electron chi connectivity index (χ4n) is 5.81. The van der Waals surface area contributed by atoms with Crippen molar-refractivity contribution in [3.63, 3.8) is 0 Å². The molecule has 47 heavy (non-hydrogen) atoms. The summed E-state index contributed by atoms with van der Waals surface area (Å²) in [5.74, 6) is -0.911. The molecule has 1 aliphatic rings. The van der Waals surface area contributed by atoms with Crippen molar-refractivity contribution in [1.82, 2.24) is 10.2 Å². The molecule has 0 saturated heterocycles. The largest absolute Gasteiger partial charge is 0.352 e. The second-order valence-corrected chi connectivity index (χ2v) is 14.7. The number of hydrogen-bond acceptors (Lipinski definition) is 4. The topological polar surface area (TPSA) is 86.8 Å². The number of anilines is 1. The fraction of sp³-hybridized carbons (Fsp3) is 0.278. The Hall–Kier alpha value is -3.56. The average Bonchev–Trinajstić information content (AvgIpc) is 3.07. The molecule has 7 nitrogen and oxygen atoms in total. The molecule has 4 aromatic rings. The summed E-state index contributed by atoms with van der Waals surface area (Å²) in [6.45, 7) is -0.699. The number of para-hydroxylation sites is 1. The molecule has 1 fully saturated rings. The Balaban J connectivity index is 1.58. The highest BCUT2D eigenvalue weighted by molar-refractivity contribution is 7.92. The minimum Gasteiger partial charge on any atom is -0.352 e. The summed E-state index contributed by atoms with van der Waals surface area (Å²) in [5.41, 5.74) is 1.59. The maximum atomic E-state index is 14.6. The number of nitrogens with zero attached hydrogens (tertiary/aromatic N) is 2. The van der Waals surface area contributed by atoms with Crippen LogP contribution in [0.5, 0.6) is 0 Å². The average molecular weight is 713 g/mol. The number of nitrogens with one attached hydrogen (secondary N) is 1. The summed E-state index contributed by atoms with van der Waals surface area (Å²) in [7, 11) is -4.24. The quantitative estimate of drug-likeness (QED) is 0.162. The van der Waals surface area contributed by atoms with Gasteiger partial charge in [-0.1, -0.05) is 109 Å². The summed E-state index contributed by atoms with van der Waals surface area (Å²) in [5, 5.41) is 4.23. The summed E-state index contributed by atoms with van der Waals surface area (Å²) in [6.07, 6.45) is 5.06. The Morgan fingerprint density at radius 3 is 1.98 bits per heavy atom. The van der Waals surface area contributed by atoms with Crippen molar-refractivity contribution < 1.29 is 18.0 Å². The lowest BCUT2D eigenvalue weighted by Crippen LogP contribution is -2.55. The smallest absolute Gasteiger partial charge is 0.264 e. The predicted molar refractivity (Wildman–Crippen MR) is 188 cm³/mol. The molecule has 246 valence electrons. The van der Waals surface area contributed by atoms with E-state index in [0.29, 0.717) is 20.6 Å². The molecular formula is C36H36Cl3N3O4S. The van der Waals surface area contributed by atoms with Gasteiger partial charge in [0.25, 0.3) is 10.0 Å². The van der Waals surface area contributed by atoms with Gasteiger partial charge in [0.05, 0.1) is 10.6 Å². The second kappa shape index (κ2) is 16.0. The molecule has 0 aliphatic heterocycles. The van der Waals surface area contributed by atoms with Crippen LogP contribution >= 0.6 is 34.8 Å². The molecular weight excluding hydrogens is 677 g/mol. The summed E-state index contributed by atoms with van der Waals surface area (Å²) in [4.78, 5) is 30.2. The molecule has 2 amide bonds. The molecule has 1 atom stereocenters. The van der Waals surface area contributed by atoms with E-state index >= 15 is 0 Å². The van der Waals surface area contributed by atoms with E-state index in [9.17, 15) is 18.0 Å². The normalized spacial score (nSPS) is 14.3. The zero-order chi connectivity index (χ0) is 33.4. The first-order valence-electron chi connectivity index (χ1n) is 15.5. The van der Waals surface area contributed by atoms with E-state index in [1.54, 1.807) is 48.5 Å². The summed E-state index contributed by atoms with van der Waals surface area (Å²) < 4.78 is 29.3. The van der Waals surface area contributed by atoms with Gasteiger partial charge in [0.2, 0.25) is 11.8 Å². The van der Waals surface area contributed by atoms with Gasteiger partial charge in [-0.25, -0.2) is 8.42 Å². The van der Waals surface area contributed by atoms with Crippen LogP contribution in [-0.4, -0.2) is 43.8 Å². The van der Waals surface area contributed by atoms with E-state index < -0.39 is 28.5 Å². The standard InChI is InChI=1S/C36H36Cl3N3O4S/c37-27-19-21-30(22-20-27)47(45,46)42(29-15-8-3-9-16-29)25-35(43)41(24-31-32(38)17-10-18-33(31)39)34(23-26-11-4-1-5-12-26)36(44)40-28-13-6-2-7-14-28/h1,3-5,8-12,15-22,28,34H,2,6-7,13-14,23-25H2,(H,40,44). The van der Waals surface area contributed by atoms with E-state index in [-0.39, 0.29) is 35.5 Å². The maximum Gasteiger partial charge on any atom is 0.264 e. The number of hydrogen-bond donors (Lipinski definition) is 1. The van der Waals surface area contributed by atoms with Crippen molar-refractivity contribution in [1.29, 1.82) is 0 Å². The van der Waals surface area contributed by atoms with Crippen LogP contribution in [0.1, 0.15) is 43.2 Å². The zero-order valence-corrected chi connectivity index (χ0v) is 28.8. The van der Waals surface area contributed by atoms with Crippen LogP contribution in [0.2, 0.25) is 15.1 Å². The molecule has 0 radical (unpaired) electrons. The lowest BCUT2D eigenvalue weighted by atomic mass is 9.94. The van der Waals surface area contributed by atoms with Crippen LogP contribution in [0.4, 0.5) is 5.69 Å². The van der Waals surface area contributed by atoms with E-state index in [4.69, 9.17) is 34.8 Å². The van der Waals surface area contributed by atoms with Gasteiger partial charge in [-0.2, -0.15) is 0 Å². The number of rotatable bonds is 12. The first-order valence-corrected chi connectivity index (χ1v) is 18.1. The Bertz CT molecular complexity index is 1750. The fourth-order valence-corrected chi connectivity index (χ4v) is 7.87. The van der Waals surface area contributed by atoms with Crippen molar-refractivity contribution >= 4 is 62.3 Å². The lowest BCUT2D eigenvalue weighted by molar-refractivity contribution is -0.140. The Kier molecular flexibility index (Phi) is 11.9. The molecule has 1 unspecified atom stereocenters. The molecule has 1 aliphatic carbocycles. The van der Waals surface area contributed by atoms with Crippen molar-refractivity contribution in [3.05, 3.63) is 129 Å². The minimum atomic E-state index is -4.24. The first-order chi connectivity index (χ1) is 22.6. The first kappa shape index (κ1) is 34.8. The predicted octanol–water partition coefficient (Wildman–Crippen LogP) is 7.93. The summed E-state index contributed by atoms with van der Waals surface area (Å²) in [6, 6.07) is 27.6. The highest BCUT2D eigenvalue weighted by Crippen LogP contribution is 2.29. The monoisotopic (exact) mass is 711 g/mol. The van der Waals surface area contributed by atoms with Crippen LogP contribution in [0.3, 0.4) is 0 Å². The van der Waals surface area contributed by atoms with Gasteiger partial charge in [0.15, 0.2) is 0 Å². The van der Waals surface area contributed by atoms with Crippen LogP contribution in [0.25, 0.3) is 0 Å². The van der Waals surface area contributed by atoms with Crippen molar-refractivity contribution in [2.75, 3.05) is 10.8 Å². The summed E-state index contributed by atoms with van der Waals surface area (Å²) >= 11 is 19.3. The molecule has 5 rings (SSSR count). The highest BCUT2D eigenvalue weighted by Gasteiger charge is 2.36. The van der Waals surface area contributed by atoms with Crippen LogP contribution in [0.15, 0.2) is 108 Å². The number of carbonyl (C=O) groups is 2. The Morgan fingerprint density at radius 1 is 0.766 bits per heavy atom. The van der Waals surface area contributed by atoms with Gasteiger partial charge in [-0.3, -0.25) is 13.9 Å². The van der Waals surface area contributed by atoms with E-state index in [2.05, 4.69) is 5.32 Å². The van der Waals surface area contributed by atoms with E-state index in [0.717, 1.165) is 42.0 Å². The second-order valence-electron chi connectivity index (χ2n) is 11.6. The Morgan fingerprint density at radius 2 is 1.36 bits per heavy atom. The van der Waals surface area contributed by atoms with Gasteiger partial charge in [-0.05, 0) is 66.9 Å². The van der Waals surface area contributed by atoms with E-state index in [1.807, 2.05) is 30.3 Å². The van der Waals surface area contributed by atoms with Gasteiger partial charge in [0, 0.05) is 39.6 Å². The van der Waals surface area contributed by atoms with Crippen LogP contribution < -0.4 is 9.62 Å². The molecule has 0 bridgehead atoms. The molecule has 11 heteroatoms. The zero-order valence-electron chi connectivity index (χ0n) is 25.7. The van der Waals surface area contributed by atoms with Crippen LogP contribution in [0, 0.1) is 0 Å². The van der Waals surface area contributed by atoms with Crippen molar-refractivity contribution in [3.8, 4) is 0 Å². The molecule has 0 aromatic heterocycles. The maximum absolute atomic E-state index is 14.6. The van der Waals surface area contributed by atoms with Crippen molar-refractivity contribution in [2.24, 2.45) is 0 Å². The SMILES string of the molecule is O=C(NC1CCCCC1)C(Cc1ccccc1)N(Cc1c(Cl)cccc1Cl)C(=O)CN(c1ccccc1)S(=O)(=O)c1ccc(Cl)cc1. The molecule has 1 saturated carbocycles. The lowest BCUT2D eigenvalue weighted by Gasteiger charge is -2.35. The van der Waals surface area contributed by atoms with Gasteiger partial charge < -0.3 is 10.2 Å². The van der Waals surface area contributed by atoms with Gasteiger partial charge >= 0.3 is 0 Å². The third kappa shape index (κ3) is 8.87. The van der Waals surface area contributed by atoms with Crippen LogP contribution in [-0.2, 0) is 32.6 Å². The van der Waals surface area contributed by atoms with Crippen molar-refractivity contribution in [2.45, 2.75) is 62.0 Å². The number of sulfonamides is 1. The number of amides is 2. The van der Waals surface area contributed by atoms with Gasteiger partial charge in [-0.15, -0.1) is 0 Å². The van der Waals surface area contributed by atoms with Gasteiger partial charge in [0.1, 0.15) is 12.6 Å². The van der Waals surface area contributed by atoms with E-state index in [1.165, 1.54) is 29.2 Å². The number of benzene rings is 4. The number of halogens is 3. The third-order valence-electron chi connectivity index (χ3n) is 8.34. The Labute approximate surface area is 291 Å².